The quantitative estimate of drug-likeness (QED) is 0.0896. The highest BCUT2D eigenvalue weighted by Crippen LogP contribution is 2.37. The maximum Gasteiger partial charge on any atom is 0.247 e. The third-order valence-electron chi connectivity index (χ3n) is 7.74. The topological polar surface area (TPSA) is 144 Å². The van der Waals surface area contributed by atoms with Crippen LogP contribution in [-0.2, 0) is 16.0 Å². The Labute approximate surface area is 283 Å². The third kappa shape index (κ3) is 9.69. The maximum absolute atomic E-state index is 13.9. The van der Waals surface area contributed by atoms with E-state index in [-0.39, 0.29) is 49.9 Å². The van der Waals surface area contributed by atoms with Gasteiger partial charge in [-0.25, -0.2) is 0 Å². The van der Waals surface area contributed by atoms with Crippen molar-refractivity contribution in [1.82, 2.24) is 10.2 Å². The van der Waals surface area contributed by atoms with Gasteiger partial charge in [0.15, 0.2) is 11.5 Å². The molecule has 2 amide bonds. The van der Waals surface area contributed by atoms with Gasteiger partial charge in [-0.2, -0.15) is 0 Å². The molecule has 0 saturated carbocycles. The number of benzene rings is 2. The summed E-state index contributed by atoms with van der Waals surface area (Å²) in [5.41, 5.74) is 1.50. The number of nitrogens with one attached hydrogen (secondary N) is 1. The van der Waals surface area contributed by atoms with Crippen LogP contribution in [0.1, 0.15) is 48.0 Å². The van der Waals surface area contributed by atoms with Gasteiger partial charge < -0.3 is 39.4 Å². The van der Waals surface area contributed by atoms with E-state index in [2.05, 4.69) is 11.9 Å². The normalized spacial score (nSPS) is 17.3. The number of halogens is 1. The zero-order chi connectivity index (χ0) is 33.6. The molecule has 1 aliphatic carbocycles. The van der Waals surface area contributed by atoms with Gasteiger partial charge in [0.25, 0.3) is 0 Å². The second-order valence-corrected chi connectivity index (χ2v) is 11.9. The Balaban J connectivity index is 2.03. The number of hydrogen-bond donors (Lipinski definition) is 3. The van der Waals surface area contributed by atoms with Crippen molar-refractivity contribution >= 4 is 40.7 Å². The van der Waals surface area contributed by atoms with Crippen LogP contribution in [0.15, 0.2) is 54.6 Å². The van der Waals surface area contributed by atoms with Gasteiger partial charge in [-0.05, 0) is 90.2 Å². The molecule has 11 nitrogen and oxygen atoms in total. The van der Waals surface area contributed by atoms with Crippen molar-refractivity contribution in [3.8, 4) is 23.0 Å². The summed E-state index contributed by atoms with van der Waals surface area (Å²) in [5.74, 6) is 1.23. The Hall–Kier alpha value is -3.62. The lowest BCUT2D eigenvalue weighted by atomic mass is 9.87. The van der Waals surface area contributed by atoms with Gasteiger partial charge in [0, 0.05) is 37.1 Å². The minimum Gasteiger partial charge on any atom is -0.497 e. The molecule has 0 saturated heterocycles. The molecule has 0 aliphatic heterocycles. The zero-order valence-electron chi connectivity index (χ0n) is 26.5. The second-order valence-electron chi connectivity index (χ2n) is 10.7. The first kappa shape index (κ1) is 36.8. The summed E-state index contributed by atoms with van der Waals surface area (Å²) in [6, 6.07) is 7.75. The number of hydrogen-bond acceptors (Lipinski definition) is 9. The molecule has 250 valence electrons. The minimum absolute atomic E-state index is 0.0371. The lowest BCUT2D eigenvalue weighted by Gasteiger charge is -2.41. The number of allylic oxidation sites excluding steroid dienone is 1. The van der Waals surface area contributed by atoms with Gasteiger partial charge in [0.2, 0.25) is 11.8 Å². The fourth-order valence-electron chi connectivity index (χ4n) is 5.34. The molecular weight excluding hydrogens is 707 g/mol. The van der Waals surface area contributed by atoms with Gasteiger partial charge in [-0.1, -0.05) is 6.08 Å². The molecule has 0 fully saturated rings. The number of amides is 2. The molecule has 46 heavy (non-hydrogen) atoms. The van der Waals surface area contributed by atoms with E-state index in [0.717, 1.165) is 18.4 Å². The third-order valence-corrected chi connectivity index (χ3v) is 8.54. The average Bonchev–Trinajstić information content (AvgIpc) is 3.07. The lowest BCUT2D eigenvalue weighted by Crippen LogP contribution is -2.55. The molecule has 0 spiro atoms. The Morgan fingerprint density at radius 2 is 1.87 bits per heavy atom. The van der Waals surface area contributed by atoms with E-state index in [4.69, 9.17) is 18.9 Å². The first-order valence-electron chi connectivity index (χ1n) is 15.1. The number of ether oxygens (including phenoxy) is 4. The van der Waals surface area contributed by atoms with E-state index >= 15 is 0 Å². The molecule has 0 bridgehead atoms. The van der Waals surface area contributed by atoms with Crippen LogP contribution < -0.4 is 24.3 Å². The van der Waals surface area contributed by atoms with Crippen molar-refractivity contribution in [3.63, 3.8) is 0 Å². The molecule has 2 aromatic rings. The molecule has 0 aromatic heterocycles. The highest BCUT2D eigenvalue weighted by molar-refractivity contribution is 14.1. The molecular formula is C34H43IN2O9. The fourth-order valence-corrected chi connectivity index (χ4v) is 6.09. The van der Waals surface area contributed by atoms with Crippen LogP contribution in [0.2, 0.25) is 0 Å². The molecule has 3 atom stereocenters. The Bertz CT molecular complexity index is 1400. The van der Waals surface area contributed by atoms with Crippen LogP contribution >= 0.6 is 22.6 Å². The van der Waals surface area contributed by atoms with Crippen molar-refractivity contribution in [2.24, 2.45) is 0 Å². The van der Waals surface area contributed by atoms with Crippen molar-refractivity contribution in [2.45, 2.75) is 56.8 Å². The first-order valence-corrected chi connectivity index (χ1v) is 16.2. The number of carbonyl (C=O) groups is 3. The summed E-state index contributed by atoms with van der Waals surface area (Å²) in [4.78, 5) is 40.2. The number of methoxy groups -OCH3 is 3. The number of aliphatic hydroxyl groups excluding tert-OH is 2. The predicted octanol–water partition coefficient (Wildman–Crippen LogP) is 3.86. The minimum atomic E-state index is -1.23. The largest absolute Gasteiger partial charge is 0.497 e. The van der Waals surface area contributed by atoms with E-state index in [0.29, 0.717) is 45.3 Å². The zero-order valence-corrected chi connectivity index (χ0v) is 28.7. The standard InChI is InChI=1S/C34H43IN2O9/c1-5-6-7-8-9-31(40)37(14-12-23-18-25(43-2)10-11-28(23)44-3)27-19-24(34(42)36-13-15-38)20-29(32(27)41)46-33-26(35)16-22(21-39)17-30(33)45-4/h5,10-11,16-18,20-21,27,29,32,38,41H,1,6-9,12-15,19H2,2-4H3,(H,36,42)/t27-,29+,32+/m1/s1. The SMILES string of the molecule is C=CCCCCC(=O)N(CCc1cc(OC)ccc1OC)[C@@H]1CC(C(=O)NCCO)=C[C@H](Oc2c(I)cc(C=O)cc2OC)[C@H]1O. The van der Waals surface area contributed by atoms with E-state index in [1.54, 1.807) is 37.3 Å². The molecule has 1 aliphatic rings. The number of nitrogens with zero attached hydrogens (tertiary/aromatic N) is 1. The number of aliphatic hydroxyl groups is 2. The summed E-state index contributed by atoms with van der Waals surface area (Å²) in [6.07, 6.45) is 4.64. The van der Waals surface area contributed by atoms with Crippen LogP contribution in [0.25, 0.3) is 0 Å². The molecule has 0 unspecified atom stereocenters. The molecule has 0 heterocycles. The van der Waals surface area contributed by atoms with Crippen LogP contribution in [0, 0.1) is 3.57 Å². The van der Waals surface area contributed by atoms with Crippen molar-refractivity contribution in [2.75, 3.05) is 41.0 Å². The highest BCUT2D eigenvalue weighted by Gasteiger charge is 2.40. The van der Waals surface area contributed by atoms with Gasteiger partial charge in [0.1, 0.15) is 30.0 Å². The Morgan fingerprint density at radius 3 is 2.52 bits per heavy atom. The number of aldehydes is 1. The summed E-state index contributed by atoms with van der Waals surface area (Å²) in [5, 5.41) is 23.8. The maximum atomic E-state index is 13.9. The smallest absolute Gasteiger partial charge is 0.247 e. The van der Waals surface area contributed by atoms with Crippen LogP contribution in [0.5, 0.6) is 23.0 Å². The van der Waals surface area contributed by atoms with Crippen LogP contribution in [0.3, 0.4) is 0 Å². The summed E-state index contributed by atoms with van der Waals surface area (Å²) >= 11 is 2.01. The van der Waals surface area contributed by atoms with Gasteiger partial charge in [-0.15, -0.1) is 6.58 Å². The van der Waals surface area contributed by atoms with Crippen molar-refractivity contribution in [3.05, 3.63) is 69.3 Å². The van der Waals surface area contributed by atoms with Crippen LogP contribution in [0.4, 0.5) is 0 Å². The molecule has 2 aromatic carbocycles. The molecule has 3 N–H and O–H groups in total. The average molecular weight is 751 g/mol. The molecule has 0 radical (unpaired) electrons. The second kappa shape index (κ2) is 18.5. The fraction of sp³-hybridized carbons (Fsp3) is 0.441. The number of unbranched alkanes of at least 4 members (excludes halogenated alkanes) is 2. The number of carbonyl (C=O) groups excluding carboxylic acids is 3. The summed E-state index contributed by atoms with van der Waals surface area (Å²) < 4.78 is 23.3. The van der Waals surface area contributed by atoms with E-state index in [1.165, 1.54) is 19.3 Å². The lowest BCUT2D eigenvalue weighted by molar-refractivity contribution is -0.138. The summed E-state index contributed by atoms with van der Waals surface area (Å²) in [6.45, 7) is 3.76. The Morgan fingerprint density at radius 1 is 1.11 bits per heavy atom. The van der Waals surface area contributed by atoms with E-state index < -0.39 is 24.2 Å². The van der Waals surface area contributed by atoms with E-state index in [1.807, 2.05) is 34.7 Å². The Kier molecular flexibility index (Phi) is 14.8. The molecule has 12 heteroatoms. The highest BCUT2D eigenvalue weighted by atomic mass is 127. The predicted molar refractivity (Wildman–Crippen MR) is 182 cm³/mol. The van der Waals surface area contributed by atoms with Gasteiger partial charge in [0.05, 0.1) is 37.5 Å². The van der Waals surface area contributed by atoms with Gasteiger partial charge >= 0.3 is 0 Å². The number of rotatable bonds is 18. The van der Waals surface area contributed by atoms with Crippen LogP contribution in [-0.4, -0.2) is 92.5 Å². The van der Waals surface area contributed by atoms with Crippen molar-refractivity contribution in [1.29, 1.82) is 0 Å². The molecule has 3 rings (SSSR count). The van der Waals surface area contributed by atoms with Gasteiger partial charge in [-0.3, -0.25) is 14.4 Å². The van der Waals surface area contributed by atoms with E-state index in [9.17, 15) is 24.6 Å². The van der Waals surface area contributed by atoms with Crippen molar-refractivity contribution < 1.29 is 43.5 Å². The first-order chi connectivity index (χ1) is 22.2. The summed E-state index contributed by atoms with van der Waals surface area (Å²) in [7, 11) is 4.58. The monoisotopic (exact) mass is 750 g/mol.